The molecule has 1 saturated heterocycles. The Hall–Kier alpha value is -0.770. The van der Waals surface area contributed by atoms with Gasteiger partial charge < -0.3 is 9.64 Å². The summed E-state index contributed by atoms with van der Waals surface area (Å²) in [5.74, 6) is 0. The van der Waals surface area contributed by atoms with E-state index in [1.165, 1.54) is 0 Å². The van der Waals surface area contributed by atoms with Gasteiger partial charge >= 0.3 is 6.09 Å². The van der Waals surface area contributed by atoms with Gasteiger partial charge in [-0.25, -0.2) is 4.79 Å². The monoisotopic (exact) mass is 242 g/mol. The van der Waals surface area contributed by atoms with E-state index in [-0.39, 0.29) is 11.7 Å². The number of carbonyl (C=O) groups excluding carboxylic acids is 1. The van der Waals surface area contributed by atoms with Gasteiger partial charge in [0.05, 0.1) is 0 Å². The summed E-state index contributed by atoms with van der Waals surface area (Å²) in [6.07, 6.45) is 0.672. The molecule has 0 aliphatic carbocycles. The lowest BCUT2D eigenvalue weighted by atomic mass is 10.1. The molecule has 0 atom stereocenters. The lowest BCUT2D eigenvalue weighted by molar-refractivity contribution is 0.000488. The van der Waals surface area contributed by atoms with E-state index in [9.17, 15) is 4.79 Å². The second-order valence-electron chi connectivity index (χ2n) is 5.60. The second kappa shape index (κ2) is 5.71. The fraction of sp³-hybridized carbons (Fsp3) is 0.923. The Kier molecular flexibility index (Phi) is 4.80. The Bertz CT molecular complexity index is 256. The molecule has 1 rings (SSSR count). The van der Waals surface area contributed by atoms with E-state index in [4.69, 9.17) is 4.74 Å². The van der Waals surface area contributed by atoms with Crippen LogP contribution in [0.15, 0.2) is 0 Å². The third kappa shape index (κ3) is 4.19. The molecule has 0 bridgehead atoms. The zero-order chi connectivity index (χ0) is 13.1. The number of piperazine rings is 1. The average molecular weight is 242 g/mol. The Labute approximate surface area is 105 Å². The minimum absolute atomic E-state index is 0.166. The van der Waals surface area contributed by atoms with Crippen LogP contribution in [0.3, 0.4) is 0 Å². The molecule has 0 aromatic heterocycles. The second-order valence-corrected chi connectivity index (χ2v) is 5.60. The van der Waals surface area contributed by atoms with E-state index in [1.54, 1.807) is 0 Å². The topological polar surface area (TPSA) is 32.8 Å². The van der Waals surface area contributed by atoms with Gasteiger partial charge in [-0.2, -0.15) is 0 Å². The fourth-order valence-electron chi connectivity index (χ4n) is 1.79. The molecular weight excluding hydrogens is 216 g/mol. The molecule has 4 heteroatoms. The molecule has 0 aromatic rings. The molecule has 1 fully saturated rings. The fourth-order valence-corrected chi connectivity index (χ4v) is 1.79. The largest absolute Gasteiger partial charge is 0.443 e. The highest BCUT2D eigenvalue weighted by molar-refractivity contribution is 5.68. The highest BCUT2D eigenvalue weighted by atomic mass is 16.6. The lowest BCUT2D eigenvalue weighted by Crippen LogP contribution is -2.51. The number of hydrogen-bond donors (Lipinski definition) is 0. The van der Waals surface area contributed by atoms with Crippen LogP contribution in [0.5, 0.6) is 0 Å². The van der Waals surface area contributed by atoms with Crippen molar-refractivity contribution in [3.05, 3.63) is 0 Å². The first kappa shape index (κ1) is 14.3. The summed E-state index contributed by atoms with van der Waals surface area (Å²) in [4.78, 5) is 16.1. The van der Waals surface area contributed by atoms with Crippen molar-refractivity contribution in [2.45, 2.75) is 52.7 Å². The van der Waals surface area contributed by atoms with Crippen LogP contribution in [0.1, 0.15) is 41.0 Å². The van der Waals surface area contributed by atoms with Crippen LogP contribution in [0.2, 0.25) is 0 Å². The first-order valence-electron chi connectivity index (χ1n) is 6.57. The van der Waals surface area contributed by atoms with E-state index in [2.05, 4.69) is 18.7 Å². The number of carbonyl (C=O) groups is 1. The predicted molar refractivity (Wildman–Crippen MR) is 69.1 cm³/mol. The van der Waals surface area contributed by atoms with Crippen molar-refractivity contribution >= 4 is 6.09 Å². The molecule has 4 nitrogen and oxygen atoms in total. The van der Waals surface area contributed by atoms with Crippen molar-refractivity contribution in [1.29, 1.82) is 0 Å². The Morgan fingerprint density at radius 1 is 1.24 bits per heavy atom. The standard InChI is InChI=1S/C13H26N2O2/c1-6-13(4,5)17-12(16)15-9-7-14(8-10-15)11(2)3/h11H,6-10H2,1-5H3. The van der Waals surface area contributed by atoms with Crippen LogP contribution in [0.4, 0.5) is 4.79 Å². The molecule has 100 valence electrons. The van der Waals surface area contributed by atoms with Gasteiger partial charge in [-0.3, -0.25) is 4.90 Å². The van der Waals surface area contributed by atoms with Gasteiger partial charge in [-0.1, -0.05) is 6.92 Å². The molecule has 1 heterocycles. The number of ether oxygens (including phenoxy) is 1. The van der Waals surface area contributed by atoms with Gasteiger partial charge in [0.25, 0.3) is 0 Å². The number of hydrogen-bond acceptors (Lipinski definition) is 3. The molecule has 1 aliphatic heterocycles. The van der Waals surface area contributed by atoms with Crippen LogP contribution in [-0.2, 0) is 4.74 Å². The third-order valence-corrected chi connectivity index (χ3v) is 3.52. The summed E-state index contributed by atoms with van der Waals surface area (Å²) in [5, 5.41) is 0. The highest BCUT2D eigenvalue weighted by Crippen LogP contribution is 2.16. The molecule has 0 saturated carbocycles. The van der Waals surface area contributed by atoms with E-state index in [0.717, 1.165) is 32.6 Å². The van der Waals surface area contributed by atoms with E-state index in [0.29, 0.717) is 6.04 Å². The van der Waals surface area contributed by atoms with E-state index < -0.39 is 0 Å². The summed E-state index contributed by atoms with van der Waals surface area (Å²) in [6, 6.07) is 0.556. The summed E-state index contributed by atoms with van der Waals surface area (Å²) in [6.45, 7) is 13.8. The molecule has 17 heavy (non-hydrogen) atoms. The van der Waals surface area contributed by atoms with Crippen LogP contribution < -0.4 is 0 Å². The van der Waals surface area contributed by atoms with Gasteiger partial charge in [0.2, 0.25) is 0 Å². The van der Waals surface area contributed by atoms with Crippen LogP contribution >= 0.6 is 0 Å². The number of rotatable bonds is 3. The van der Waals surface area contributed by atoms with Crippen LogP contribution in [0.25, 0.3) is 0 Å². The molecule has 0 aromatic carbocycles. The van der Waals surface area contributed by atoms with Crippen molar-refractivity contribution in [1.82, 2.24) is 9.80 Å². The quantitative estimate of drug-likeness (QED) is 0.761. The zero-order valence-electron chi connectivity index (χ0n) is 11.8. The maximum atomic E-state index is 11.9. The smallest absolute Gasteiger partial charge is 0.410 e. The van der Waals surface area contributed by atoms with Crippen LogP contribution in [-0.4, -0.2) is 53.7 Å². The van der Waals surface area contributed by atoms with Crippen molar-refractivity contribution in [3.8, 4) is 0 Å². The SMILES string of the molecule is CCC(C)(C)OC(=O)N1CCN(C(C)C)CC1. The summed E-state index contributed by atoms with van der Waals surface area (Å²) in [7, 11) is 0. The molecule has 1 aliphatic rings. The maximum absolute atomic E-state index is 11.9. The van der Waals surface area contributed by atoms with Crippen molar-refractivity contribution in [2.75, 3.05) is 26.2 Å². The molecule has 0 unspecified atom stereocenters. The van der Waals surface area contributed by atoms with Gasteiger partial charge in [-0.15, -0.1) is 0 Å². The van der Waals surface area contributed by atoms with Crippen LogP contribution in [0, 0.1) is 0 Å². The van der Waals surface area contributed by atoms with E-state index in [1.807, 2.05) is 25.7 Å². The molecule has 1 amide bonds. The molecule has 0 N–H and O–H groups in total. The van der Waals surface area contributed by atoms with Gasteiger partial charge in [0.1, 0.15) is 5.60 Å². The van der Waals surface area contributed by atoms with Crippen molar-refractivity contribution in [3.63, 3.8) is 0 Å². The molecule has 0 spiro atoms. The van der Waals surface area contributed by atoms with Crippen molar-refractivity contribution in [2.24, 2.45) is 0 Å². The predicted octanol–water partition coefficient (Wildman–Crippen LogP) is 2.34. The number of amides is 1. The first-order valence-corrected chi connectivity index (χ1v) is 6.57. The third-order valence-electron chi connectivity index (χ3n) is 3.52. The molecular formula is C13H26N2O2. The normalized spacial score (nSPS) is 18.6. The average Bonchev–Trinajstić information content (AvgIpc) is 2.28. The minimum atomic E-state index is -0.355. The maximum Gasteiger partial charge on any atom is 0.410 e. The molecule has 0 radical (unpaired) electrons. The highest BCUT2D eigenvalue weighted by Gasteiger charge is 2.27. The van der Waals surface area contributed by atoms with Gasteiger partial charge in [0, 0.05) is 32.2 Å². The summed E-state index contributed by atoms with van der Waals surface area (Å²) >= 11 is 0. The summed E-state index contributed by atoms with van der Waals surface area (Å²) in [5.41, 5.74) is -0.355. The number of nitrogens with zero attached hydrogens (tertiary/aromatic N) is 2. The van der Waals surface area contributed by atoms with Gasteiger partial charge in [0.15, 0.2) is 0 Å². The Balaban J connectivity index is 2.41. The Morgan fingerprint density at radius 3 is 2.18 bits per heavy atom. The minimum Gasteiger partial charge on any atom is -0.443 e. The Morgan fingerprint density at radius 2 is 1.76 bits per heavy atom. The first-order chi connectivity index (χ1) is 7.85. The van der Waals surface area contributed by atoms with Gasteiger partial charge in [-0.05, 0) is 34.1 Å². The zero-order valence-corrected chi connectivity index (χ0v) is 11.8. The summed E-state index contributed by atoms with van der Waals surface area (Å²) < 4.78 is 5.49. The van der Waals surface area contributed by atoms with E-state index >= 15 is 0 Å². The van der Waals surface area contributed by atoms with Crippen molar-refractivity contribution < 1.29 is 9.53 Å². The lowest BCUT2D eigenvalue weighted by Gasteiger charge is -2.37.